The number of aromatic nitrogens is 1. The summed E-state index contributed by atoms with van der Waals surface area (Å²) in [7, 11) is 0. The van der Waals surface area contributed by atoms with E-state index in [0.717, 1.165) is 40.9 Å². The molecule has 156 valence electrons. The van der Waals surface area contributed by atoms with Crippen LogP contribution in [-0.2, 0) is 12.8 Å². The minimum Gasteiger partial charge on any atom is -0.494 e. The van der Waals surface area contributed by atoms with E-state index in [4.69, 9.17) is 15.5 Å². The second-order valence-corrected chi connectivity index (χ2v) is 8.93. The maximum atomic E-state index is 13.1. The van der Waals surface area contributed by atoms with Crippen LogP contribution < -0.4 is 10.5 Å². The summed E-state index contributed by atoms with van der Waals surface area (Å²) >= 11 is 1.39. The Morgan fingerprint density at radius 1 is 1.16 bits per heavy atom. The molecule has 0 aliphatic heterocycles. The second kappa shape index (κ2) is 8.16. The van der Waals surface area contributed by atoms with Gasteiger partial charge in [0.2, 0.25) is 5.78 Å². The molecule has 1 unspecified atom stereocenters. The third-order valence-electron chi connectivity index (χ3n) is 5.99. The number of nitrogens with two attached hydrogens (primary N) is 1. The molecule has 1 aliphatic rings. The monoisotopic (exact) mass is 428 g/mol. The fourth-order valence-electron chi connectivity index (χ4n) is 4.37. The van der Waals surface area contributed by atoms with Crippen molar-refractivity contribution in [1.29, 1.82) is 0 Å². The number of ketones is 1. The van der Waals surface area contributed by atoms with Gasteiger partial charge in [-0.1, -0.05) is 30.3 Å². The Kier molecular flexibility index (Phi) is 5.20. The minimum absolute atomic E-state index is 0.0660. The van der Waals surface area contributed by atoms with Gasteiger partial charge in [0.1, 0.15) is 15.5 Å². The van der Waals surface area contributed by atoms with E-state index >= 15 is 0 Å². The predicted octanol–water partition coefficient (Wildman–Crippen LogP) is 5.78. The molecule has 2 aromatic heterocycles. The van der Waals surface area contributed by atoms with E-state index in [2.05, 4.69) is 36.4 Å². The molecule has 0 saturated heterocycles. The molecule has 1 atom stereocenters. The first kappa shape index (κ1) is 19.8. The topological polar surface area (TPSA) is 65.2 Å². The summed E-state index contributed by atoms with van der Waals surface area (Å²) in [5.41, 5.74) is 11.4. The van der Waals surface area contributed by atoms with E-state index in [1.165, 1.54) is 22.5 Å². The standard InChI is InChI=1S/C26H24N2O2S/c1-2-30-20-11-8-17(9-12-20)24(29)25-23(27)21-15-19-14-18(16-6-4-3-5-7-16)10-13-22(19)28-26(21)31-25/h3-9,11-12,15,18H,2,10,13-14,27H2,1H3. The van der Waals surface area contributed by atoms with Gasteiger partial charge in [-0.25, -0.2) is 4.98 Å². The first-order valence-corrected chi connectivity index (χ1v) is 11.5. The molecular weight excluding hydrogens is 404 g/mol. The fourth-order valence-corrected chi connectivity index (χ4v) is 5.43. The van der Waals surface area contributed by atoms with E-state index in [0.29, 0.717) is 28.7 Å². The molecule has 2 heterocycles. The summed E-state index contributed by atoms with van der Waals surface area (Å²) in [6.45, 7) is 2.53. The van der Waals surface area contributed by atoms with Crippen LogP contribution in [0.25, 0.3) is 10.2 Å². The molecule has 2 N–H and O–H groups in total. The van der Waals surface area contributed by atoms with Crippen molar-refractivity contribution in [2.45, 2.75) is 32.1 Å². The van der Waals surface area contributed by atoms with Crippen LogP contribution >= 0.6 is 11.3 Å². The average molecular weight is 429 g/mol. The van der Waals surface area contributed by atoms with Gasteiger partial charge in [-0.15, -0.1) is 11.3 Å². The Balaban J connectivity index is 1.47. The van der Waals surface area contributed by atoms with Crippen molar-refractivity contribution in [2.24, 2.45) is 0 Å². The number of rotatable bonds is 5. The van der Waals surface area contributed by atoms with Crippen molar-refractivity contribution in [3.8, 4) is 5.75 Å². The number of hydrogen-bond acceptors (Lipinski definition) is 5. The molecule has 2 aromatic carbocycles. The fraction of sp³-hybridized carbons (Fsp3) is 0.231. The van der Waals surface area contributed by atoms with E-state index < -0.39 is 0 Å². The van der Waals surface area contributed by atoms with Gasteiger partial charge < -0.3 is 10.5 Å². The van der Waals surface area contributed by atoms with E-state index in [1.54, 1.807) is 12.1 Å². The molecule has 5 heteroatoms. The zero-order valence-electron chi connectivity index (χ0n) is 17.4. The Morgan fingerprint density at radius 2 is 1.94 bits per heavy atom. The van der Waals surface area contributed by atoms with Gasteiger partial charge in [0.25, 0.3) is 0 Å². The molecule has 4 nitrogen and oxygen atoms in total. The second-order valence-electron chi connectivity index (χ2n) is 7.93. The van der Waals surface area contributed by atoms with Gasteiger partial charge in [-0.05, 0) is 73.6 Å². The van der Waals surface area contributed by atoms with E-state index in [1.807, 2.05) is 19.1 Å². The molecule has 0 amide bonds. The highest BCUT2D eigenvalue weighted by molar-refractivity contribution is 7.21. The lowest BCUT2D eigenvalue weighted by Crippen LogP contribution is -2.14. The van der Waals surface area contributed by atoms with Crippen LogP contribution in [0.4, 0.5) is 5.69 Å². The van der Waals surface area contributed by atoms with Gasteiger partial charge >= 0.3 is 0 Å². The van der Waals surface area contributed by atoms with Crippen LogP contribution in [0.1, 0.15) is 51.3 Å². The summed E-state index contributed by atoms with van der Waals surface area (Å²) in [6, 6.07) is 20.0. The SMILES string of the molecule is CCOc1ccc(C(=O)c2sc3nc4c(cc3c2N)CC(c2ccccc2)CC4)cc1. The van der Waals surface area contributed by atoms with Crippen LogP contribution in [0.3, 0.4) is 0 Å². The van der Waals surface area contributed by atoms with Crippen LogP contribution in [0.15, 0.2) is 60.7 Å². The maximum Gasteiger partial charge on any atom is 0.205 e. The third-order valence-corrected chi connectivity index (χ3v) is 7.10. The summed E-state index contributed by atoms with van der Waals surface area (Å²) in [5.74, 6) is 1.19. The van der Waals surface area contributed by atoms with Crippen molar-refractivity contribution in [1.82, 2.24) is 4.98 Å². The van der Waals surface area contributed by atoms with Crippen molar-refractivity contribution in [2.75, 3.05) is 12.3 Å². The molecule has 1 aliphatic carbocycles. The quantitative estimate of drug-likeness (QED) is 0.409. The van der Waals surface area contributed by atoms with Crippen molar-refractivity contribution in [3.63, 3.8) is 0 Å². The molecule has 0 radical (unpaired) electrons. The Hall–Kier alpha value is -3.18. The zero-order valence-corrected chi connectivity index (χ0v) is 18.2. The van der Waals surface area contributed by atoms with Crippen molar-refractivity contribution < 1.29 is 9.53 Å². The van der Waals surface area contributed by atoms with Gasteiger partial charge in [0, 0.05) is 16.6 Å². The maximum absolute atomic E-state index is 13.1. The number of anilines is 1. The smallest absolute Gasteiger partial charge is 0.205 e. The highest BCUT2D eigenvalue weighted by atomic mass is 32.1. The molecule has 0 bridgehead atoms. The zero-order chi connectivity index (χ0) is 21.4. The summed E-state index contributed by atoms with van der Waals surface area (Å²) < 4.78 is 5.47. The van der Waals surface area contributed by atoms with Gasteiger partial charge in [-0.2, -0.15) is 0 Å². The molecular formula is C26H24N2O2S. The number of carbonyl (C=O) groups is 1. The van der Waals surface area contributed by atoms with Gasteiger partial charge in [-0.3, -0.25) is 4.79 Å². The highest BCUT2D eigenvalue weighted by Gasteiger charge is 2.25. The number of nitrogens with zero attached hydrogens (tertiary/aromatic N) is 1. The van der Waals surface area contributed by atoms with Gasteiger partial charge in [0.15, 0.2) is 0 Å². The normalized spacial score (nSPS) is 15.6. The van der Waals surface area contributed by atoms with Crippen molar-refractivity contribution >= 4 is 33.0 Å². The van der Waals surface area contributed by atoms with E-state index in [-0.39, 0.29) is 5.78 Å². The largest absolute Gasteiger partial charge is 0.494 e. The number of ether oxygens (including phenoxy) is 1. The predicted molar refractivity (Wildman–Crippen MR) is 126 cm³/mol. The number of fused-ring (bicyclic) bond motifs is 2. The molecule has 0 fully saturated rings. The first-order valence-electron chi connectivity index (χ1n) is 10.7. The lowest BCUT2D eigenvalue weighted by molar-refractivity contribution is 0.104. The van der Waals surface area contributed by atoms with E-state index in [9.17, 15) is 4.79 Å². The molecule has 31 heavy (non-hydrogen) atoms. The van der Waals surface area contributed by atoms with Crippen LogP contribution in [0.5, 0.6) is 5.75 Å². The molecule has 0 spiro atoms. The number of nitrogen functional groups attached to an aromatic ring is 1. The summed E-state index contributed by atoms with van der Waals surface area (Å²) in [6.07, 6.45) is 3.00. The summed E-state index contributed by atoms with van der Waals surface area (Å²) in [4.78, 5) is 19.4. The number of carbonyl (C=O) groups excluding carboxylic acids is 1. The van der Waals surface area contributed by atoms with Gasteiger partial charge in [0.05, 0.1) is 12.3 Å². The minimum atomic E-state index is -0.0660. The number of pyridine rings is 1. The number of benzene rings is 2. The lowest BCUT2D eigenvalue weighted by atomic mass is 9.82. The number of aryl methyl sites for hydroxylation is 1. The van der Waals surface area contributed by atoms with Crippen LogP contribution in [0, 0.1) is 0 Å². The first-order chi connectivity index (χ1) is 15.1. The Morgan fingerprint density at radius 3 is 2.68 bits per heavy atom. The number of hydrogen-bond donors (Lipinski definition) is 1. The third kappa shape index (κ3) is 3.70. The van der Waals surface area contributed by atoms with Crippen molar-refractivity contribution in [3.05, 3.63) is 87.9 Å². The highest BCUT2D eigenvalue weighted by Crippen LogP contribution is 2.39. The van der Waals surface area contributed by atoms with Crippen LogP contribution in [-0.4, -0.2) is 17.4 Å². The Labute approximate surface area is 185 Å². The number of thiophene rings is 1. The lowest BCUT2D eigenvalue weighted by Gasteiger charge is -2.24. The summed E-state index contributed by atoms with van der Waals surface area (Å²) in [5, 5.41) is 0.895. The molecule has 4 aromatic rings. The Bertz CT molecular complexity index is 1250. The van der Waals surface area contributed by atoms with Crippen LogP contribution in [0.2, 0.25) is 0 Å². The molecule has 0 saturated carbocycles. The average Bonchev–Trinajstić information content (AvgIpc) is 3.13. The molecule has 5 rings (SSSR count).